The molecule has 1 heterocycles. The van der Waals surface area contributed by atoms with E-state index in [0.29, 0.717) is 0 Å². The molecule has 1 aliphatic rings. The predicted molar refractivity (Wildman–Crippen MR) is 40.6 cm³/mol. The normalized spacial score (nSPS) is 48.0. The smallest absolute Gasteiger partial charge is 0.219 e. The Morgan fingerprint density at radius 2 is 2.00 bits per heavy atom. The maximum Gasteiger partial charge on any atom is 0.219 e. The van der Waals surface area contributed by atoms with Crippen molar-refractivity contribution in [2.45, 2.75) is 37.1 Å². The molecule has 5 unspecified atom stereocenters. The average Bonchev–Trinajstić information content (AvgIpc) is 2.31. The summed E-state index contributed by atoms with van der Waals surface area (Å²) in [6.45, 7) is 0.512. The summed E-state index contributed by atoms with van der Waals surface area (Å²) in [4.78, 5) is 0. The second kappa shape index (κ2) is 3.49. The van der Waals surface area contributed by atoms with Crippen molar-refractivity contribution in [2.75, 3.05) is 6.61 Å². The van der Waals surface area contributed by atoms with Crippen LogP contribution < -0.4 is 0 Å². The molecular weight excluding hydrogens is 180 g/mol. The molecule has 0 aromatic rings. The van der Waals surface area contributed by atoms with Gasteiger partial charge >= 0.3 is 0 Å². The molecule has 0 aromatic carbocycles. The fourth-order valence-corrected chi connectivity index (χ4v) is 1.34. The third-order valence-corrected chi connectivity index (χ3v) is 2.16. The lowest BCUT2D eigenvalue weighted by Gasteiger charge is -2.23. The van der Waals surface area contributed by atoms with Gasteiger partial charge in [-0.05, 0) is 6.92 Å². The number of aliphatic hydroxyl groups is 5. The quantitative estimate of drug-likeness (QED) is 0.324. The minimum atomic E-state index is -2.18. The highest BCUT2D eigenvalue weighted by Gasteiger charge is 2.54. The highest BCUT2D eigenvalue weighted by atomic mass is 16.7. The van der Waals surface area contributed by atoms with E-state index in [1.165, 1.54) is 6.92 Å². The first-order chi connectivity index (χ1) is 5.92. The van der Waals surface area contributed by atoms with Crippen LogP contribution in [-0.2, 0) is 4.74 Å². The maximum absolute atomic E-state index is 9.36. The molecule has 1 fully saturated rings. The van der Waals surface area contributed by atoms with Gasteiger partial charge in [0.2, 0.25) is 5.79 Å². The minimum absolute atomic E-state index is 0.839. The van der Waals surface area contributed by atoms with Gasteiger partial charge in [0.1, 0.15) is 18.3 Å². The molecule has 6 nitrogen and oxygen atoms in total. The van der Waals surface area contributed by atoms with E-state index in [0.717, 1.165) is 0 Å². The van der Waals surface area contributed by atoms with Crippen LogP contribution in [0.1, 0.15) is 6.92 Å². The average molecular weight is 194 g/mol. The van der Waals surface area contributed by atoms with Gasteiger partial charge in [-0.1, -0.05) is 0 Å². The number of hydrogen-bond acceptors (Lipinski definition) is 6. The van der Waals surface area contributed by atoms with Gasteiger partial charge in [-0.3, -0.25) is 0 Å². The number of rotatable bonds is 2. The van der Waals surface area contributed by atoms with E-state index < -0.39 is 36.8 Å². The topological polar surface area (TPSA) is 110 Å². The molecule has 0 aliphatic carbocycles. The molecule has 0 radical (unpaired) electrons. The molecule has 6 heteroatoms. The summed E-state index contributed by atoms with van der Waals surface area (Å²) in [5.74, 6) is -2.18. The van der Waals surface area contributed by atoms with Crippen LogP contribution in [-0.4, -0.2) is 62.3 Å². The summed E-state index contributed by atoms with van der Waals surface area (Å²) in [7, 11) is 0. The Hall–Kier alpha value is -0.240. The van der Waals surface area contributed by atoms with Gasteiger partial charge in [0.15, 0.2) is 0 Å². The molecule has 1 aliphatic heterocycles. The second-order valence-corrected chi connectivity index (χ2v) is 3.26. The van der Waals surface area contributed by atoms with Gasteiger partial charge in [-0.2, -0.15) is 0 Å². The SMILES string of the molecule is CC(O)C1OC(O)(CO)C(O)C1O. The van der Waals surface area contributed by atoms with Crippen LogP contribution in [0.3, 0.4) is 0 Å². The lowest BCUT2D eigenvalue weighted by molar-refractivity contribution is -0.252. The van der Waals surface area contributed by atoms with Crippen LogP contribution in [0.15, 0.2) is 0 Å². The molecule has 13 heavy (non-hydrogen) atoms. The van der Waals surface area contributed by atoms with Gasteiger partial charge in [0.25, 0.3) is 0 Å². The van der Waals surface area contributed by atoms with Crippen molar-refractivity contribution in [3.05, 3.63) is 0 Å². The van der Waals surface area contributed by atoms with Crippen molar-refractivity contribution in [3.8, 4) is 0 Å². The Kier molecular flexibility index (Phi) is 2.91. The lowest BCUT2D eigenvalue weighted by atomic mass is 10.0. The fraction of sp³-hybridized carbons (Fsp3) is 1.00. The monoisotopic (exact) mass is 194 g/mol. The summed E-state index contributed by atoms with van der Waals surface area (Å²) in [5.41, 5.74) is 0. The van der Waals surface area contributed by atoms with E-state index >= 15 is 0 Å². The lowest BCUT2D eigenvalue weighted by Crippen LogP contribution is -2.46. The van der Waals surface area contributed by atoms with Gasteiger partial charge in [0, 0.05) is 0 Å². The number of ether oxygens (including phenoxy) is 1. The van der Waals surface area contributed by atoms with E-state index in [1.54, 1.807) is 0 Å². The molecule has 0 saturated carbocycles. The van der Waals surface area contributed by atoms with Crippen molar-refractivity contribution in [1.82, 2.24) is 0 Å². The van der Waals surface area contributed by atoms with Crippen LogP contribution in [0.25, 0.3) is 0 Å². The molecule has 5 N–H and O–H groups in total. The molecule has 0 spiro atoms. The van der Waals surface area contributed by atoms with Gasteiger partial charge in [0.05, 0.1) is 12.7 Å². The van der Waals surface area contributed by atoms with Crippen molar-refractivity contribution >= 4 is 0 Å². The Balaban J connectivity index is 2.78. The molecular formula is C7H14O6. The van der Waals surface area contributed by atoms with Crippen molar-refractivity contribution in [3.63, 3.8) is 0 Å². The molecule has 0 aromatic heterocycles. The highest BCUT2D eigenvalue weighted by Crippen LogP contribution is 2.30. The summed E-state index contributed by atoms with van der Waals surface area (Å²) in [5, 5.41) is 45.7. The van der Waals surface area contributed by atoms with E-state index in [9.17, 15) is 15.3 Å². The Morgan fingerprint density at radius 1 is 1.46 bits per heavy atom. The number of hydrogen-bond donors (Lipinski definition) is 5. The largest absolute Gasteiger partial charge is 0.391 e. The Morgan fingerprint density at radius 3 is 2.23 bits per heavy atom. The summed E-state index contributed by atoms with van der Waals surface area (Å²) >= 11 is 0. The molecule has 0 amide bonds. The van der Waals surface area contributed by atoms with E-state index in [1.807, 2.05) is 0 Å². The molecule has 0 bridgehead atoms. The van der Waals surface area contributed by atoms with Crippen molar-refractivity contribution in [1.29, 1.82) is 0 Å². The summed E-state index contributed by atoms with van der Waals surface area (Å²) < 4.78 is 4.74. The predicted octanol–water partition coefficient (Wildman–Crippen LogP) is -2.83. The van der Waals surface area contributed by atoms with E-state index in [2.05, 4.69) is 0 Å². The highest BCUT2D eigenvalue weighted by molar-refractivity contribution is 4.96. The van der Waals surface area contributed by atoms with Crippen molar-refractivity contribution < 1.29 is 30.3 Å². The van der Waals surface area contributed by atoms with Crippen LogP contribution in [0.2, 0.25) is 0 Å². The standard InChI is InChI=1S/C7H14O6/c1-3(9)5-4(10)6(11)7(12,2-8)13-5/h3-6,8-12H,2H2,1H3. The van der Waals surface area contributed by atoms with Gasteiger partial charge < -0.3 is 30.3 Å². The van der Waals surface area contributed by atoms with Gasteiger partial charge in [-0.15, -0.1) is 0 Å². The van der Waals surface area contributed by atoms with Crippen LogP contribution in [0.4, 0.5) is 0 Å². The second-order valence-electron chi connectivity index (χ2n) is 3.26. The van der Waals surface area contributed by atoms with E-state index in [-0.39, 0.29) is 0 Å². The molecule has 1 saturated heterocycles. The van der Waals surface area contributed by atoms with E-state index in [4.69, 9.17) is 14.9 Å². The first kappa shape index (κ1) is 10.8. The zero-order chi connectivity index (χ0) is 10.2. The summed E-state index contributed by atoms with van der Waals surface area (Å²) in [6.07, 6.45) is -5.15. The summed E-state index contributed by atoms with van der Waals surface area (Å²) in [6, 6.07) is 0. The Bertz CT molecular complexity index is 184. The first-order valence-corrected chi connectivity index (χ1v) is 3.97. The van der Waals surface area contributed by atoms with Crippen molar-refractivity contribution in [2.24, 2.45) is 0 Å². The third kappa shape index (κ3) is 1.69. The molecule has 1 rings (SSSR count). The van der Waals surface area contributed by atoms with Crippen LogP contribution in [0, 0.1) is 0 Å². The van der Waals surface area contributed by atoms with Crippen LogP contribution >= 0.6 is 0 Å². The zero-order valence-corrected chi connectivity index (χ0v) is 7.16. The first-order valence-electron chi connectivity index (χ1n) is 3.97. The third-order valence-electron chi connectivity index (χ3n) is 2.16. The Labute approximate surface area is 75.0 Å². The molecule has 78 valence electrons. The zero-order valence-electron chi connectivity index (χ0n) is 7.16. The fourth-order valence-electron chi connectivity index (χ4n) is 1.34. The van der Waals surface area contributed by atoms with Crippen LogP contribution in [0.5, 0.6) is 0 Å². The molecule has 5 atom stereocenters. The number of aliphatic hydroxyl groups excluding tert-OH is 4. The van der Waals surface area contributed by atoms with Gasteiger partial charge in [-0.25, -0.2) is 0 Å². The minimum Gasteiger partial charge on any atom is -0.391 e. The maximum atomic E-state index is 9.36.